The van der Waals surface area contributed by atoms with Crippen LogP contribution >= 0.6 is 0 Å². The summed E-state index contributed by atoms with van der Waals surface area (Å²) in [6.45, 7) is 2.98. The Hall–Kier alpha value is -2.17. The fourth-order valence-electron chi connectivity index (χ4n) is 2.61. The van der Waals surface area contributed by atoms with Gasteiger partial charge in [-0.1, -0.05) is 30.3 Å². The largest absolute Gasteiger partial charge is 0.457 e. The lowest BCUT2D eigenvalue weighted by atomic mass is 10.0. The third kappa shape index (κ3) is 2.96. The van der Waals surface area contributed by atoms with Crippen LogP contribution < -0.4 is 0 Å². The number of ether oxygens (including phenoxy) is 1. The smallest absolute Gasteiger partial charge is 0.313 e. The highest BCUT2D eigenvalue weighted by Gasteiger charge is 2.20. The van der Waals surface area contributed by atoms with Crippen molar-refractivity contribution < 1.29 is 9.53 Å². The van der Waals surface area contributed by atoms with Crippen molar-refractivity contribution in [3.8, 4) is 0 Å². The first-order chi connectivity index (χ1) is 10.3. The van der Waals surface area contributed by atoms with Crippen molar-refractivity contribution in [2.45, 2.75) is 45.3 Å². The van der Waals surface area contributed by atoms with Gasteiger partial charge in [-0.15, -0.1) is 10.2 Å². The quantitative estimate of drug-likeness (QED) is 0.810. The Kier molecular flexibility index (Phi) is 3.99. The number of carbonyl (C=O) groups is 1. The molecule has 3 rings (SSSR count). The summed E-state index contributed by atoms with van der Waals surface area (Å²) in [5.74, 6) is 1.26. The molecule has 0 spiro atoms. The lowest BCUT2D eigenvalue weighted by Crippen LogP contribution is -2.17. The predicted molar refractivity (Wildman–Crippen MR) is 77.6 cm³/mol. The number of carbonyl (C=O) groups excluding carboxylic acids is 1. The molecule has 5 heteroatoms. The average Bonchev–Trinajstić information content (AvgIpc) is 2.96. The Balaban J connectivity index is 1.62. The summed E-state index contributed by atoms with van der Waals surface area (Å²) in [7, 11) is 0. The fraction of sp³-hybridized carbons (Fsp3) is 0.438. The second-order valence-corrected chi connectivity index (χ2v) is 5.38. The van der Waals surface area contributed by atoms with Gasteiger partial charge in [0.1, 0.15) is 5.82 Å². The molecule has 5 nitrogen and oxygen atoms in total. The summed E-state index contributed by atoms with van der Waals surface area (Å²) >= 11 is 0. The van der Waals surface area contributed by atoms with Crippen LogP contribution in [0, 0.1) is 0 Å². The van der Waals surface area contributed by atoms with Crippen LogP contribution in [0.25, 0.3) is 0 Å². The molecule has 0 saturated heterocycles. The van der Waals surface area contributed by atoms with Gasteiger partial charge in [0.05, 0.1) is 5.92 Å². The van der Waals surface area contributed by atoms with Gasteiger partial charge in [0.2, 0.25) is 0 Å². The summed E-state index contributed by atoms with van der Waals surface area (Å²) in [5, 5.41) is 8.30. The maximum atomic E-state index is 12.1. The summed E-state index contributed by atoms with van der Waals surface area (Å²) in [4.78, 5) is 12.1. The Morgan fingerprint density at radius 1 is 1.29 bits per heavy atom. The summed E-state index contributed by atoms with van der Waals surface area (Å²) in [6, 6.07) is 9.65. The monoisotopic (exact) mass is 285 g/mol. The van der Waals surface area contributed by atoms with Gasteiger partial charge >= 0.3 is 5.97 Å². The first-order valence-corrected chi connectivity index (χ1v) is 7.38. The minimum atomic E-state index is -0.269. The topological polar surface area (TPSA) is 57.0 Å². The van der Waals surface area contributed by atoms with Gasteiger partial charge in [-0.2, -0.15) is 0 Å². The van der Waals surface area contributed by atoms with E-state index in [9.17, 15) is 4.79 Å². The van der Waals surface area contributed by atoms with Gasteiger partial charge in [0, 0.05) is 13.0 Å². The SMILES string of the molecule is C[C@@H](C(=O)OCc1nnc2n1CCCC2)c1ccccc1. The minimum absolute atomic E-state index is 0.197. The van der Waals surface area contributed by atoms with Crippen LogP contribution in [-0.2, 0) is 29.1 Å². The number of benzene rings is 1. The molecule has 0 fully saturated rings. The predicted octanol–water partition coefficient (Wildman–Crippen LogP) is 2.46. The van der Waals surface area contributed by atoms with Crippen molar-refractivity contribution in [1.29, 1.82) is 0 Å². The second-order valence-electron chi connectivity index (χ2n) is 5.38. The van der Waals surface area contributed by atoms with Gasteiger partial charge in [-0.25, -0.2) is 0 Å². The van der Waals surface area contributed by atoms with Crippen molar-refractivity contribution in [2.75, 3.05) is 0 Å². The molecule has 0 bridgehead atoms. The first-order valence-electron chi connectivity index (χ1n) is 7.38. The van der Waals surface area contributed by atoms with E-state index in [4.69, 9.17) is 4.74 Å². The zero-order valence-electron chi connectivity index (χ0n) is 12.2. The summed E-state index contributed by atoms with van der Waals surface area (Å²) < 4.78 is 7.48. The molecule has 1 aliphatic heterocycles. The van der Waals surface area contributed by atoms with Gasteiger partial charge in [0.15, 0.2) is 12.4 Å². The molecule has 0 radical (unpaired) electrons. The average molecular weight is 285 g/mol. The number of aromatic nitrogens is 3. The van der Waals surface area contributed by atoms with E-state index in [0.29, 0.717) is 0 Å². The van der Waals surface area contributed by atoms with Gasteiger partial charge < -0.3 is 9.30 Å². The van der Waals surface area contributed by atoms with Crippen molar-refractivity contribution in [1.82, 2.24) is 14.8 Å². The maximum absolute atomic E-state index is 12.1. The van der Waals surface area contributed by atoms with E-state index in [2.05, 4.69) is 14.8 Å². The molecule has 0 amide bonds. The van der Waals surface area contributed by atoms with Crippen LogP contribution in [-0.4, -0.2) is 20.7 Å². The number of rotatable bonds is 4. The van der Waals surface area contributed by atoms with Crippen molar-refractivity contribution >= 4 is 5.97 Å². The molecule has 0 aliphatic carbocycles. The molecule has 21 heavy (non-hydrogen) atoms. The van der Waals surface area contributed by atoms with Crippen LogP contribution in [0.2, 0.25) is 0 Å². The molecule has 1 aromatic carbocycles. The molecule has 1 aromatic heterocycles. The standard InChI is InChI=1S/C16H19N3O2/c1-12(13-7-3-2-4-8-13)16(20)21-11-15-18-17-14-9-5-6-10-19(14)15/h2-4,7-8,12H,5-6,9-11H2,1H3/t12-/m1/s1. The number of fused-ring (bicyclic) bond motifs is 1. The highest BCUT2D eigenvalue weighted by molar-refractivity contribution is 5.77. The zero-order valence-corrected chi connectivity index (χ0v) is 12.2. The van der Waals surface area contributed by atoms with E-state index in [0.717, 1.165) is 43.0 Å². The molecule has 0 N–H and O–H groups in total. The zero-order chi connectivity index (χ0) is 14.7. The van der Waals surface area contributed by atoms with Crippen LogP contribution in [0.15, 0.2) is 30.3 Å². The van der Waals surface area contributed by atoms with Gasteiger partial charge in [-0.3, -0.25) is 4.79 Å². The molecule has 0 saturated carbocycles. The molecule has 1 aliphatic rings. The highest BCUT2D eigenvalue weighted by Crippen LogP contribution is 2.18. The normalized spacial score (nSPS) is 15.3. The molecule has 1 atom stereocenters. The van der Waals surface area contributed by atoms with Gasteiger partial charge in [0.25, 0.3) is 0 Å². The third-order valence-electron chi connectivity index (χ3n) is 3.93. The number of esters is 1. The lowest BCUT2D eigenvalue weighted by Gasteiger charge is -2.15. The maximum Gasteiger partial charge on any atom is 0.313 e. The van der Waals surface area contributed by atoms with Gasteiger partial charge in [-0.05, 0) is 25.3 Å². The van der Waals surface area contributed by atoms with E-state index in [1.807, 2.05) is 37.3 Å². The molecule has 2 heterocycles. The highest BCUT2D eigenvalue weighted by atomic mass is 16.5. The second kappa shape index (κ2) is 6.08. The Bertz CT molecular complexity index is 622. The number of aryl methyl sites for hydroxylation is 1. The molecule has 2 aromatic rings. The van der Waals surface area contributed by atoms with Crippen LogP contribution in [0.3, 0.4) is 0 Å². The number of nitrogens with zero attached hydrogens (tertiary/aromatic N) is 3. The Morgan fingerprint density at radius 2 is 2.10 bits per heavy atom. The van der Waals surface area contributed by atoms with Crippen molar-refractivity contribution in [3.05, 3.63) is 47.5 Å². The fourth-order valence-corrected chi connectivity index (χ4v) is 2.61. The van der Waals surface area contributed by atoms with Crippen LogP contribution in [0.5, 0.6) is 0 Å². The van der Waals surface area contributed by atoms with Crippen molar-refractivity contribution in [3.63, 3.8) is 0 Å². The lowest BCUT2D eigenvalue weighted by molar-refractivity contribution is -0.146. The Labute approximate surface area is 124 Å². The number of hydrogen-bond acceptors (Lipinski definition) is 4. The summed E-state index contributed by atoms with van der Waals surface area (Å²) in [6.07, 6.45) is 3.25. The van der Waals surface area contributed by atoms with Crippen LogP contribution in [0.4, 0.5) is 0 Å². The minimum Gasteiger partial charge on any atom is -0.457 e. The number of hydrogen-bond donors (Lipinski definition) is 0. The first kappa shape index (κ1) is 13.8. The van der Waals surface area contributed by atoms with E-state index in [1.54, 1.807) is 0 Å². The van der Waals surface area contributed by atoms with E-state index in [-0.39, 0.29) is 18.5 Å². The van der Waals surface area contributed by atoms with E-state index < -0.39 is 0 Å². The van der Waals surface area contributed by atoms with E-state index in [1.165, 1.54) is 0 Å². The molecular weight excluding hydrogens is 266 g/mol. The molecular formula is C16H19N3O2. The van der Waals surface area contributed by atoms with E-state index >= 15 is 0 Å². The molecule has 0 unspecified atom stereocenters. The molecule has 110 valence electrons. The third-order valence-corrected chi connectivity index (χ3v) is 3.93. The summed E-state index contributed by atoms with van der Waals surface area (Å²) in [5.41, 5.74) is 0.964. The van der Waals surface area contributed by atoms with Crippen LogP contribution in [0.1, 0.15) is 42.9 Å². The Morgan fingerprint density at radius 3 is 2.90 bits per heavy atom. The van der Waals surface area contributed by atoms with Crippen molar-refractivity contribution in [2.24, 2.45) is 0 Å².